The van der Waals surface area contributed by atoms with Crippen LogP contribution < -0.4 is 5.32 Å². The topological polar surface area (TPSA) is 137 Å². The van der Waals surface area contributed by atoms with Crippen LogP contribution in [0.25, 0.3) is 0 Å². The Bertz CT molecular complexity index is 859. The van der Waals surface area contributed by atoms with E-state index in [0.29, 0.717) is 0 Å². The van der Waals surface area contributed by atoms with Crippen LogP contribution in [-0.2, 0) is 23.8 Å². The molecule has 1 aliphatic rings. The Labute approximate surface area is 160 Å². The standard InChI is InChI=1S/C18H20N2O8/c1-10-13(18(23)28-8-7-26-2)14(15(16(21)19-10)17(22)27-3)11-5-4-6-12(9-11)20(24)25/h4-6,9,14,19,21H,7-8H2,1-3H3. The van der Waals surface area contributed by atoms with Gasteiger partial charge in [-0.15, -0.1) is 0 Å². The van der Waals surface area contributed by atoms with Gasteiger partial charge in [0.15, 0.2) is 5.88 Å². The number of dihydropyridines is 1. The maximum Gasteiger partial charge on any atom is 0.340 e. The lowest BCUT2D eigenvalue weighted by atomic mass is 9.81. The minimum atomic E-state index is -1.12. The number of carbonyl (C=O) groups is 2. The molecule has 1 atom stereocenters. The zero-order chi connectivity index (χ0) is 20.8. The first-order valence-corrected chi connectivity index (χ1v) is 8.21. The first-order valence-electron chi connectivity index (χ1n) is 8.21. The molecule has 2 N–H and O–H groups in total. The van der Waals surface area contributed by atoms with Crippen molar-refractivity contribution in [1.29, 1.82) is 0 Å². The molecule has 0 spiro atoms. The van der Waals surface area contributed by atoms with Gasteiger partial charge in [-0.05, 0) is 12.5 Å². The number of aliphatic hydroxyl groups excluding tert-OH is 1. The van der Waals surface area contributed by atoms with Crippen LogP contribution in [0, 0.1) is 10.1 Å². The van der Waals surface area contributed by atoms with E-state index < -0.39 is 28.7 Å². The van der Waals surface area contributed by atoms with Crippen LogP contribution >= 0.6 is 0 Å². The van der Waals surface area contributed by atoms with Gasteiger partial charge in [-0.2, -0.15) is 0 Å². The lowest BCUT2D eigenvalue weighted by Gasteiger charge is -2.28. The predicted octanol–water partition coefficient (Wildman–Crippen LogP) is 1.69. The molecule has 0 fully saturated rings. The summed E-state index contributed by atoms with van der Waals surface area (Å²) in [4.78, 5) is 35.5. The molecule has 0 saturated carbocycles. The third kappa shape index (κ3) is 4.29. The molecule has 0 aromatic heterocycles. The Kier molecular flexibility index (Phi) is 6.72. The molecule has 10 nitrogen and oxygen atoms in total. The van der Waals surface area contributed by atoms with Gasteiger partial charge in [-0.3, -0.25) is 10.1 Å². The van der Waals surface area contributed by atoms with Gasteiger partial charge in [0.2, 0.25) is 0 Å². The molecule has 1 aromatic carbocycles. The van der Waals surface area contributed by atoms with Crippen molar-refractivity contribution in [2.24, 2.45) is 0 Å². The van der Waals surface area contributed by atoms with Crippen LogP contribution in [0.15, 0.2) is 47.0 Å². The Hall–Kier alpha value is -3.40. The van der Waals surface area contributed by atoms with Crippen molar-refractivity contribution in [3.05, 3.63) is 62.7 Å². The highest BCUT2D eigenvalue weighted by atomic mass is 16.6. The maximum atomic E-state index is 12.7. The average molecular weight is 392 g/mol. The monoisotopic (exact) mass is 392 g/mol. The Morgan fingerprint density at radius 2 is 1.93 bits per heavy atom. The third-order valence-corrected chi connectivity index (χ3v) is 4.10. The molecule has 2 rings (SSSR count). The summed E-state index contributed by atoms with van der Waals surface area (Å²) in [6.07, 6.45) is 0. The lowest BCUT2D eigenvalue weighted by Crippen LogP contribution is -2.33. The van der Waals surface area contributed by atoms with Crippen molar-refractivity contribution < 1.29 is 33.8 Å². The highest BCUT2D eigenvalue weighted by Gasteiger charge is 2.39. The summed E-state index contributed by atoms with van der Waals surface area (Å²) >= 11 is 0. The Morgan fingerprint density at radius 1 is 1.21 bits per heavy atom. The molecule has 0 saturated heterocycles. The number of nitrogens with one attached hydrogen (secondary N) is 1. The number of nitro groups is 1. The molecule has 150 valence electrons. The maximum absolute atomic E-state index is 12.7. The van der Waals surface area contributed by atoms with E-state index in [-0.39, 0.29) is 41.3 Å². The molecule has 0 amide bonds. The van der Waals surface area contributed by atoms with Crippen molar-refractivity contribution >= 4 is 17.6 Å². The zero-order valence-corrected chi connectivity index (χ0v) is 15.6. The minimum Gasteiger partial charge on any atom is -0.494 e. The summed E-state index contributed by atoms with van der Waals surface area (Å²) in [6.45, 7) is 1.65. The van der Waals surface area contributed by atoms with Crippen molar-refractivity contribution in [3.8, 4) is 0 Å². The van der Waals surface area contributed by atoms with Crippen LogP contribution in [0.5, 0.6) is 0 Å². The largest absolute Gasteiger partial charge is 0.494 e. The van der Waals surface area contributed by atoms with E-state index in [1.807, 2.05) is 0 Å². The van der Waals surface area contributed by atoms with Gasteiger partial charge in [-0.1, -0.05) is 12.1 Å². The fourth-order valence-electron chi connectivity index (χ4n) is 2.85. The van der Waals surface area contributed by atoms with Crippen LogP contribution in [0.1, 0.15) is 18.4 Å². The number of methoxy groups -OCH3 is 2. The molecule has 1 unspecified atom stereocenters. The Morgan fingerprint density at radius 3 is 2.54 bits per heavy atom. The number of nitrogens with zero attached hydrogens (tertiary/aromatic N) is 1. The van der Waals surface area contributed by atoms with E-state index in [9.17, 15) is 24.8 Å². The molecular weight excluding hydrogens is 372 g/mol. The first-order chi connectivity index (χ1) is 13.3. The van der Waals surface area contributed by atoms with E-state index in [1.165, 1.54) is 38.3 Å². The third-order valence-electron chi connectivity index (χ3n) is 4.10. The average Bonchev–Trinajstić information content (AvgIpc) is 2.67. The van der Waals surface area contributed by atoms with Crippen LogP contribution in [0.3, 0.4) is 0 Å². The molecule has 0 radical (unpaired) electrons. The van der Waals surface area contributed by atoms with Crippen LogP contribution in [-0.4, -0.2) is 49.4 Å². The number of hydrogen-bond acceptors (Lipinski definition) is 9. The van der Waals surface area contributed by atoms with Crippen molar-refractivity contribution in [3.63, 3.8) is 0 Å². The molecule has 0 bridgehead atoms. The number of aliphatic hydroxyl groups is 1. The smallest absolute Gasteiger partial charge is 0.340 e. The van der Waals surface area contributed by atoms with E-state index in [2.05, 4.69) is 5.32 Å². The summed E-state index contributed by atoms with van der Waals surface area (Å²) in [5.41, 5.74) is 0.0244. The zero-order valence-electron chi connectivity index (χ0n) is 15.6. The molecule has 28 heavy (non-hydrogen) atoms. The van der Waals surface area contributed by atoms with E-state index in [4.69, 9.17) is 14.2 Å². The number of hydrogen-bond donors (Lipinski definition) is 2. The second kappa shape index (κ2) is 9.00. The van der Waals surface area contributed by atoms with Crippen molar-refractivity contribution in [2.75, 3.05) is 27.4 Å². The lowest BCUT2D eigenvalue weighted by molar-refractivity contribution is -0.384. The predicted molar refractivity (Wildman–Crippen MR) is 96.2 cm³/mol. The molecule has 1 aromatic rings. The van der Waals surface area contributed by atoms with Crippen LogP contribution in [0.4, 0.5) is 5.69 Å². The number of nitro benzene ring substituents is 1. The molecule has 0 aliphatic carbocycles. The first kappa shape index (κ1) is 20.9. The molecule has 1 heterocycles. The van der Waals surface area contributed by atoms with Crippen LogP contribution in [0.2, 0.25) is 0 Å². The quantitative estimate of drug-likeness (QED) is 0.307. The summed E-state index contributed by atoms with van der Waals surface area (Å²) in [7, 11) is 2.57. The Balaban J connectivity index is 2.60. The van der Waals surface area contributed by atoms with Crippen molar-refractivity contribution in [1.82, 2.24) is 5.32 Å². The summed E-state index contributed by atoms with van der Waals surface area (Å²) in [6, 6.07) is 5.43. The van der Waals surface area contributed by atoms with E-state index in [1.54, 1.807) is 0 Å². The molecule has 1 aliphatic heterocycles. The normalized spacial score (nSPS) is 16.5. The van der Waals surface area contributed by atoms with Gasteiger partial charge in [0, 0.05) is 24.9 Å². The number of carbonyl (C=O) groups excluding carboxylic acids is 2. The number of esters is 2. The summed E-state index contributed by atoms with van der Waals surface area (Å²) in [5, 5.41) is 24.0. The molecule has 10 heteroatoms. The number of non-ortho nitro benzene ring substituents is 1. The van der Waals surface area contributed by atoms with Gasteiger partial charge in [-0.25, -0.2) is 9.59 Å². The van der Waals surface area contributed by atoms with E-state index >= 15 is 0 Å². The summed E-state index contributed by atoms with van der Waals surface area (Å²) < 4.78 is 14.7. The highest BCUT2D eigenvalue weighted by molar-refractivity contribution is 5.99. The second-order valence-corrected chi connectivity index (χ2v) is 5.83. The number of ether oxygens (including phenoxy) is 3. The van der Waals surface area contributed by atoms with Gasteiger partial charge >= 0.3 is 11.9 Å². The van der Waals surface area contributed by atoms with Gasteiger partial charge in [0.05, 0.1) is 30.1 Å². The van der Waals surface area contributed by atoms with Crippen molar-refractivity contribution in [2.45, 2.75) is 12.8 Å². The van der Waals surface area contributed by atoms with Gasteiger partial charge in [0.25, 0.3) is 5.69 Å². The summed E-state index contributed by atoms with van der Waals surface area (Å²) in [5.74, 6) is -3.28. The fourth-order valence-corrected chi connectivity index (χ4v) is 2.85. The van der Waals surface area contributed by atoms with Gasteiger partial charge in [0.1, 0.15) is 12.2 Å². The minimum absolute atomic E-state index is 0.0230. The molecular formula is C18H20N2O8. The number of rotatable bonds is 7. The second-order valence-electron chi connectivity index (χ2n) is 5.83. The van der Waals surface area contributed by atoms with E-state index in [0.717, 1.165) is 7.11 Å². The number of benzene rings is 1. The fraction of sp³-hybridized carbons (Fsp3) is 0.333. The number of allylic oxidation sites excluding steroid dienone is 1. The van der Waals surface area contributed by atoms with Gasteiger partial charge < -0.3 is 24.6 Å². The highest BCUT2D eigenvalue weighted by Crippen LogP contribution is 2.39. The SMILES string of the molecule is COCCOC(=O)C1=C(C)NC(O)=C(C(=O)OC)C1c1cccc([N+](=O)[O-])c1.